The Hall–Kier alpha value is -2.67. The molecule has 3 rings (SSSR count). The van der Waals surface area contributed by atoms with Crippen molar-refractivity contribution in [2.75, 3.05) is 16.8 Å². The lowest BCUT2D eigenvalue weighted by Crippen LogP contribution is -2.35. The number of sulfone groups is 1. The van der Waals surface area contributed by atoms with Gasteiger partial charge in [-0.3, -0.25) is 9.59 Å². The van der Waals surface area contributed by atoms with E-state index >= 15 is 0 Å². The third-order valence-electron chi connectivity index (χ3n) is 4.57. The molecule has 1 unspecified atom stereocenters. The zero-order chi connectivity index (χ0) is 19.4. The van der Waals surface area contributed by atoms with Gasteiger partial charge in [-0.2, -0.15) is 0 Å². The highest BCUT2D eigenvalue weighted by atomic mass is 32.2. The van der Waals surface area contributed by atoms with E-state index in [-0.39, 0.29) is 29.4 Å². The maximum absolute atomic E-state index is 12.5. The first-order chi connectivity index (χ1) is 12.9. The minimum absolute atomic E-state index is 0.0350. The van der Waals surface area contributed by atoms with Crippen molar-refractivity contribution >= 4 is 27.3 Å². The fourth-order valence-electron chi connectivity index (χ4n) is 3.01. The lowest BCUT2D eigenvalue weighted by atomic mass is 10.1. The molecule has 0 aromatic heterocycles. The number of anilines is 1. The number of aryl methyl sites for hydroxylation is 1. The second kappa shape index (κ2) is 7.92. The topological polar surface area (TPSA) is 92.3 Å². The predicted molar refractivity (Wildman–Crippen MR) is 105 cm³/mol. The van der Waals surface area contributed by atoms with Crippen LogP contribution in [0.3, 0.4) is 0 Å². The van der Waals surface area contributed by atoms with Gasteiger partial charge < -0.3 is 10.6 Å². The summed E-state index contributed by atoms with van der Waals surface area (Å²) >= 11 is 0. The van der Waals surface area contributed by atoms with Gasteiger partial charge in [0, 0.05) is 22.9 Å². The van der Waals surface area contributed by atoms with Crippen molar-refractivity contribution in [3.05, 3.63) is 65.2 Å². The molecule has 0 saturated carbocycles. The fourth-order valence-corrected chi connectivity index (χ4v) is 4.68. The van der Waals surface area contributed by atoms with Gasteiger partial charge in [-0.25, -0.2) is 8.42 Å². The molecular formula is C20H22N2O4S. The monoisotopic (exact) mass is 386 g/mol. The van der Waals surface area contributed by atoms with Crippen LogP contribution in [0.5, 0.6) is 0 Å². The summed E-state index contributed by atoms with van der Waals surface area (Å²) in [4.78, 5) is 24.8. The van der Waals surface area contributed by atoms with E-state index in [4.69, 9.17) is 0 Å². The number of benzene rings is 2. The van der Waals surface area contributed by atoms with E-state index < -0.39 is 9.84 Å². The van der Waals surface area contributed by atoms with E-state index in [1.807, 2.05) is 24.3 Å². The third-order valence-corrected chi connectivity index (χ3v) is 6.34. The highest BCUT2D eigenvalue weighted by Gasteiger charge is 2.29. The number of nitrogens with one attached hydrogen (secondary N) is 2. The molecule has 2 aromatic rings. The van der Waals surface area contributed by atoms with Crippen molar-refractivity contribution in [1.82, 2.24) is 5.32 Å². The smallest absolute Gasteiger partial charge is 0.255 e. The molecule has 1 atom stereocenters. The summed E-state index contributed by atoms with van der Waals surface area (Å²) in [7, 11) is -3.06. The Kier molecular flexibility index (Phi) is 5.60. The van der Waals surface area contributed by atoms with Crippen molar-refractivity contribution in [2.45, 2.75) is 25.8 Å². The normalized spacial score (nSPS) is 18.0. The van der Waals surface area contributed by atoms with Gasteiger partial charge >= 0.3 is 0 Å². The van der Waals surface area contributed by atoms with Crippen molar-refractivity contribution in [3.8, 4) is 0 Å². The minimum Gasteiger partial charge on any atom is -0.348 e. The van der Waals surface area contributed by atoms with Crippen LogP contribution >= 0.6 is 0 Å². The Morgan fingerprint density at radius 3 is 2.30 bits per heavy atom. The number of carbonyl (C=O) groups is 2. The molecular weight excluding hydrogens is 364 g/mol. The lowest BCUT2D eigenvalue weighted by Gasteiger charge is -2.12. The molecule has 1 aliphatic rings. The van der Waals surface area contributed by atoms with Crippen LogP contribution in [0.4, 0.5) is 5.69 Å². The molecule has 142 valence electrons. The standard InChI is InChI=1S/C20H22N2O4S/c1-2-14-6-8-17(9-7-14)21-19(23)15-4-3-5-16(12-15)20(24)22-18-10-11-27(25,26)13-18/h3-9,12,18H,2,10-11,13H2,1H3,(H,21,23)(H,22,24). The second-order valence-corrected chi connectivity index (χ2v) is 8.89. The van der Waals surface area contributed by atoms with Gasteiger partial charge in [0.15, 0.2) is 9.84 Å². The summed E-state index contributed by atoms with van der Waals surface area (Å²) in [6, 6.07) is 13.6. The Bertz CT molecular complexity index is 952. The first-order valence-corrected chi connectivity index (χ1v) is 10.7. The van der Waals surface area contributed by atoms with E-state index in [2.05, 4.69) is 17.6 Å². The van der Waals surface area contributed by atoms with Crippen LogP contribution in [0.1, 0.15) is 39.6 Å². The van der Waals surface area contributed by atoms with Gasteiger partial charge in [-0.05, 0) is 48.7 Å². The summed E-state index contributed by atoms with van der Waals surface area (Å²) in [5.74, 6) is -0.624. The summed E-state index contributed by atoms with van der Waals surface area (Å²) in [5.41, 5.74) is 2.55. The van der Waals surface area contributed by atoms with Gasteiger partial charge in [-0.15, -0.1) is 0 Å². The van der Waals surface area contributed by atoms with Crippen LogP contribution in [-0.2, 0) is 16.3 Å². The number of carbonyl (C=O) groups excluding carboxylic acids is 2. The molecule has 0 radical (unpaired) electrons. The average Bonchev–Trinajstić information content (AvgIpc) is 3.00. The van der Waals surface area contributed by atoms with Gasteiger partial charge in [0.25, 0.3) is 11.8 Å². The van der Waals surface area contributed by atoms with Gasteiger partial charge in [0.1, 0.15) is 0 Å². The van der Waals surface area contributed by atoms with Crippen LogP contribution in [0.25, 0.3) is 0 Å². The molecule has 6 nitrogen and oxygen atoms in total. The SMILES string of the molecule is CCc1ccc(NC(=O)c2cccc(C(=O)NC3CCS(=O)(=O)C3)c2)cc1. The van der Waals surface area contributed by atoms with Crippen molar-refractivity contribution in [3.63, 3.8) is 0 Å². The molecule has 7 heteroatoms. The molecule has 2 amide bonds. The molecule has 1 heterocycles. The molecule has 1 aliphatic heterocycles. The number of hydrogen-bond donors (Lipinski definition) is 2. The van der Waals surface area contributed by atoms with Gasteiger partial charge in [0.2, 0.25) is 0 Å². The average molecular weight is 386 g/mol. The van der Waals surface area contributed by atoms with Crippen LogP contribution in [0, 0.1) is 0 Å². The van der Waals surface area contributed by atoms with Crippen molar-refractivity contribution in [2.24, 2.45) is 0 Å². The highest BCUT2D eigenvalue weighted by Crippen LogP contribution is 2.15. The Labute approximate surface area is 158 Å². The van der Waals surface area contributed by atoms with Crippen LogP contribution in [0.15, 0.2) is 48.5 Å². The molecule has 27 heavy (non-hydrogen) atoms. The zero-order valence-electron chi connectivity index (χ0n) is 15.1. The largest absolute Gasteiger partial charge is 0.348 e. The maximum atomic E-state index is 12.5. The minimum atomic E-state index is -3.06. The molecule has 2 aromatic carbocycles. The predicted octanol–water partition coefficient (Wildman–Crippen LogP) is 2.42. The molecule has 2 N–H and O–H groups in total. The van der Waals surface area contributed by atoms with Crippen LogP contribution < -0.4 is 10.6 Å². The Balaban J connectivity index is 1.67. The summed E-state index contributed by atoms with van der Waals surface area (Å²) in [5, 5.41) is 5.54. The first kappa shape index (κ1) is 19.1. The van der Waals surface area contributed by atoms with Crippen molar-refractivity contribution in [1.29, 1.82) is 0 Å². The molecule has 1 fully saturated rings. The summed E-state index contributed by atoms with van der Waals surface area (Å²) in [6.45, 7) is 2.06. The Morgan fingerprint density at radius 1 is 1.04 bits per heavy atom. The van der Waals surface area contributed by atoms with E-state index in [0.717, 1.165) is 6.42 Å². The van der Waals surface area contributed by atoms with Crippen molar-refractivity contribution < 1.29 is 18.0 Å². The zero-order valence-corrected chi connectivity index (χ0v) is 15.9. The quantitative estimate of drug-likeness (QED) is 0.825. The number of hydrogen-bond acceptors (Lipinski definition) is 4. The number of rotatable bonds is 5. The summed E-state index contributed by atoms with van der Waals surface area (Å²) in [6.07, 6.45) is 1.34. The fraction of sp³-hybridized carbons (Fsp3) is 0.300. The first-order valence-electron chi connectivity index (χ1n) is 8.88. The number of amides is 2. The van der Waals surface area contributed by atoms with Gasteiger partial charge in [0.05, 0.1) is 11.5 Å². The molecule has 0 bridgehead atoms. The van der Waals surface area contributed by atoms with E-state index in [0.29, 0.717) is 23.2 Å². The van der Waals surface area contributed by atoms with Gasteiger partial charge in [-0.1, -0.05) is 25.1 Å². The summed E-state index contributed by atoms with van der Waals surface area (Å²) < 4.78 is 23.0. The molecule has 0 aliphatic carbocycles. The highest BCUT2D eigenvalue weighted by molar-refractivity contribution is 7.91. The van der Waals surface area contributed by atoms with Crippen LogP contribution in [0.2, 0.25) is 0 Å². The lowest BCUT2D eigenvalue weighted by molar-refractivity contribution is 0.0941. The van der Waals surface area contributed by atoms with E-state index in [9.17, 15) is 18.0 Å². The maximum Gasteiger partial charge on any atom is 0.255 e. The van der Waals surface area contributed by atoms with E-state index in [1.165, 1.54) is 11.6 Å². The Morgan fingerprint density at radius 2 is 1.70 bits per heavy atom. The van der Waals surface area contributed by atoms with Crippen LogP contribution in [-0.4, -0.2) is 37.8 Å². The molecule has 0 spiro atoms. The second-order valence-electron chi connectivity index (χ2n) is 6.66. The van der Waals surface area contributed by atoms with E-state index in [1.54, 1.807) is 18.2 Å². The molecule has 1 saturated heterocycles. The third kappa shape index (κ3) is 4.95.